The molecule has 0 bridgehead atoms. The summed E-state index contributed by atoms with van der Waals surface area (Å²) < 4.78 is 59.1. The molecule has 0 aliphatic heterocycles. The van der Waals surface area contributed by atoms with Gasteiger partial charge in [0.05, 0.1) is 0 Å². The van der Waals surface area contributed by atoms with Gasteiger partial charge in [0.1, 0.15) is 0 Å². The van der Waals surface area contributed by atoms with E-state index in [9.17, 15) is 23.3 Å². The molecule has 8 heteroatoms. The summed E-state index contributed by atoms with van der Waals surface area (Å²) in [5.41, 5.74) is 0. The SMILES string of the molecule is FS(F)(F)(F)(F)F.[Br-].[H+]. The van der Waals surface area contributed by atoms with E-state index in [1.807, 2.05) is 0 Å². The highest BCUT2D eigenvalue weighted by atomic mass is 79.9. The molecular weight excluding hydrogens is 226 g/mol. The molecule has 0 N–H and O–H groups in total. The fourth-order valence-corrected chi connectivity index (χ4v) is 0. The lowest BCUT2D eigenvalue weighted by molar-refractivity contribution is -0.0000142. The number of rotatable bonds is 0. The van der Waals surface area contributed by atoms with Gasteiger partial charge in [0.15, 0.2) is 0 Å². The molecule has 0 aromatic carbocycles. The molecule has 0 saturated carbocycles. The molecule has 0 saturated heterocycles. The van der Waals surface area contributed by atoms with Gasteiger partial charge in [0, 0.05) is 0 Å². The quantitative estimate of drug-likeness (QED) is 0.521. The molecule has 0 heterocycles. The highest BCUT2D eigenvalue weighted by Gasteiger charge is 2.64. The summed E-state index contributed by atoms with van der Waals surface area (Å²) in [5.74, 6) is 0. The lowest BCUT2D eigenvalue weighted by Crippen LogP contribution is -3.00. The molecule has 0 aliphatic carbocycles. The van der Waals surface area contributed by atoms with E-state index in [0.717, 1.165) is 0 Å². The Morgan fingerprint density at radius 2 is 0.750 bits per heavy atom. The van der Waals surface area contributed by atoms with Crippen LogP contribution >= 0.6 is 10.6 Å². The van der Waals surface area contributed by atoms with Crippen LogP contribution < -0.4 is 17.0 Å². The summed E-state index contributed by atoms with van der Waals surface area (Å²) in [6.07, 6.45) is 0. The van der Waals surface area contributed by atoms with E-state index in [2.05, 4.69) is 0 Å². The number of hydrogen-bond donors (Lipinski definition) is 0. The van der Waals surface area contributed by atoms with Gasteiger partial charge in [-0.25, -0.2) is 0 Å². The second kappa shape index (κ2) is 1.28. The Hall–Kier alpha value is 0.410. The van der Waals surface area contributed by atoms with Crippen LogP contribution in [0.4, 0.5) is 23.3 Å². The molecule has 0 amide bonds. The highest BCUT2D eigenvalue weighted by molar-refractivity contribution is 8.41. The summed E-state index contributed by atoms with van der Waals surface area (Å²) in [6, 6.07) is 0. The van der Waals surface area contributed by atoms with Crippen molar-refractivity contribution >= 4 is 10.6 Å². The zero-order chi connectivity index (χ0) is 6.41. The second-order valence-electron chi connectivity index (χ2n) is 0.875. The topological polar surface area (TPSA) is 0 Å². The largest absolute Gasteiger partial charge is 1.00 e. The molecule has 0 aromatic rings. The van der Waals surface area contributed by atoms with Crippen molar-refractivity contribution in [3.05, 3.63) is 0 Å². The maximum atomic E-state index is 9.85. The Bertz CT molecular complexity index is 71.6. The summed E-state index contributed by atoms with van der Waals surface area (Å²) in [7, 11) is -10.5. The standard InChI is InChI=1S/BrH.F6S/c;1-7(2,3,4,5)6/h1H;. The van der Waals surface area contributed by atoms with Crippen molar-refractivity contribution < 1.29 is 41.7 Å². The minimum atomic E-state index is -10.5. The van der Waals surface area contributed by atoms with Crippen LogP contribution in [-0.2, 0) is 0 Å². The summed E-state index contributed by atoms with van der Waals surface area (Å²) in [4.78, 5) is 0. The van der Waals surface area contributed by atoms with Crippen molar-refractivity contribution in [2.24, 2.45) is 0 Å². The van der Waals surface area contributed by atoms with Crippen molar-refractivity contribution in [1.82, 2.24) is 0 Å². The van der Waals surface area contributed by atoms with Crippen molar-refractivity contribution in [2.45, 2.75) is 0 Å². The van der Waals surface area contributed by atoms with Crippen LogP contribution in [0.3, 0.4) is 0 Å². The lowest BCUT2D eigenvalue weighted by Gasteiger charge is -2.28. The minimum absolute atomic E-state index is 0. The molecule has 0 radical (unpaired) electrons. The van der Waals surface area contributed by atoms with Crippen LogP contribution in [0.25, 0.3) is 0 Å². The van der Waals surface area contributed by atoms with E-state index >= 15 is 0 Å². The van der Waals surface area contributed by atoms with E-state index in [0.29, 0.717) is 0 Å². The molecule has 0 unspecified atom stereocenters. The maximum absolute atomic E-state index is 10.5. The van der Waals surface area contributed by atoms with Crippen LogP contribution in [0.15, 0.2) is 0 Å². The molecule has 0 aromatic heterocycles. The lowest BCUT2D eigenvalue weighted by atomic mass is 18.6. The molecule has 0 atom stereocenters. The maximum Gasteiger partial charge on any atom is 1.00 e. The molecule has 56 valence electrons. The third-order valence-electron chi connectivity index (χ3n) is 0. The Labute approximate surface area is 53.1 Å². The minimum Gasteiger partial charge on any atom is -1.00 e. The third-order valence-corrected chi connectivity index (χ3v) is 0. The first-order valence-electron chi connectivity index (χ1n) is 0.926. The van der Waals surface area contributed by atoms with Crippen molar-refractivity contribution in [3.8, 4) is 0 Å². The molecule has 0 aliphatic rings. The predicted octanol–water partition coefficient (Wildman–Crippen LogP) is 0.286. The van der Waals surface area contributed by atoms with Crippen molar-refractivity contribution in [3.63, 3.8) is 0 Å². The van der Waals surface area contributed by atoms with Crippen molar-refractivity contribution in [2.75, 3.05) is 0 Å². The van der Waals surface area contributed by atoms with Gasteiger partial charge in [-0.1, -0.05) is 23.3 Å². The summed E-state index contributed by atoms with van der Waals surface area (Å²) in [6.45, 7) is 0. The summed E-state index contributed by atoms with van der Waals surface area (Å²) in [5, 5.41) is 0. The van der Waals surface area contributed by atoms with Gasteiger partial charge in [0.2, 0.25) is 0 Å². The van der Waals surface area contributed by atoms with Crippen LogP contribution in [0.5, 0.6) is 0 Å². The average Bonchev–Trinajstić information content (AvgIpc) is 0.592. The van der Waals surface area contributed by atoms with Gasteiger partial charge >= 0.3 is 12.0 Å². The fourth-order valence-electron chi connectivity index (χ4n) is 0. The Morgan fingerprint density at radius 3 is 0.750 bits per heavy atom. The molecule has 0 nitrogen and oxygen atoms in total. The zero-order valence-electron chi connectivity index (χ0n) is 4.05. The van der Waals surface area contributed by atoms with E-state index in [1.54, 1.807) is 0 Å². The first-order valence-corrected chi connectivity index (χ1v) is 2.78. The monoisotopic (exact) mass is 226 g/mol. The van der Waals surface area contributed by atoms with Crippen molar-refractivity contribution in [1.29, 1.82) is 0 Å². The van der Waals surface area contributed by atoms with Gasteiger partial charge < -0.3 is 17.0 Å². The van der Waals surface area contributed by atoms with E-state index < -0.39 is 10.6 Å². The van der Waals surface area contributed by atoms with Gasteiger partial charge in [-0.2, -0.15) is 0 Å². The molecular formula is HBrF6S. The fraction of sp³-hybridized carbons (Fsp3) is 0. The average molecular weight is 227 g/mol. The summed E-state index contributed by atoms with van der Waals surface area (Å²) >= 11 is 0. The smallest absolute Gasteiger partial charge is 1.00 e. The Kier molecular flexibility index (Phi) is 1.80. The van der Waals surface area contributed by atoms with Crippen LogP contribution in [0.1, 0.15) is 1.43 Å². The Balaban J connectivity index is -0.000000180. The predicted molar refractivity (Wildman–Crippen MR) is 15.4 cm³/mol. The first-order chi connectivity index (χ1) is 2.45. The second-order valence-corrected chi connectivity index (χ2v) is 2.62. The number of hydrogen-bond acceptors (Lipinski definition) is 0. The molecule has 0 rings (SSSR count). The highest BCUT2D eigenvalue weighted by Crippen LogP contribution is 2.99. The first kappa shape index (κ1) is 11.2. The van der Waals surface area contributed by atoms with Crippen LogP contribution in [-0.4, -0.2) is 0 Å². The van der Waals surface area contributed by atoms with Crippen LogP contribution in [0.2, 0.25) is 0 Å². The van der Waals surface area contributed by atoms with E-state index in [1.165, 1.54) is 0 Å². The Morgan fingerprint density at radius 1 is 0.750 bits per heavy atom. The van der Waals surface area contributed by atoms with Gasteiger partial charge in [-0.15, -0.1) is 0 Å². The molecule has 0 spiro atoms. The number of halogens is 7. The molecule has 8 heavy (non-hydrogen) atoms. The van der Waals surface area contributed by atoms with E-state index in [-0.39, 0.29) is 18.4 Å². The third kappa shape index (κ3) is 1120. The van der Waals surface area contributed by atoms with Gasteiger partial charge in [-0.3, -0.25) is 0 Å². The van der Waals surface area contributed by atoms with E-state index in [4.69, 9.17) is 0 Å². The van der Waals surface area contributed by atoms with Crippen LogP contribution in [0, 0.1) is 0 Å². The normalized spacial score (nSPS) is 20.2. The van der Waals surface area contributed by atoms with Gasteiger partial charge in [-0.05, 0) is 0 Å². The molecule has 0 fully saturated rings. The zero-order valence-corrected chi connectivity index (χ0v) is 5.46. The van der Waals surface area contributed by atoms with Gasteiger partial charge in [0.25, 0.3) is 0 Å².